The third-order valence-electron chi connectivity index (χ3n) is 4.97. The molecule has 25 heavy (non-hydrogen) atoms. The maximum Gasteiger partial charge on any atom is 0.226 e. The van der Waals surface area contributed by atoms with Crippen LogP contribution >= 0.6 is 0 Å². The second-order valence-corrected chi connectivity index (χ2v) is 6.73. The van der Waals surface area contributed by atoms with Crippen LogP contribution < -0.4 is 10.1 Å². The fraction of sp³-hybridized carbons (Fsp3) is 0.381. The number of amides is 1. The highest BCUT2D eigenvalue weighted by molar-refractivity contribution is 5.79. The van der Waals surface area contributed by atoms with Gasteiger partial charge >= 0.3 is 0 Å². The van der Waals surface area contributed by atoms with E-state index in [0.29, 0.717) is 19.0 Å². The van der Waals surface area contributed by atoms with Crippen molar-refractivity contribution in [3.05, 3.63) is 65.7 Å². The van der Waals surface area contributed by atoms with Gasteiger partial charge in [0.1, 0.15) is 5.75 Å². The molecule has 0 aliphatic carbocycles. The summed E-state index contributed by atoms with van der Waals surface area (Å²) >= 11 is 0. The average Bonchev–Trinajstić information content (AvgIpc) is 2.60. The quantitative estimate of drug-likeness (QED) is 0.843. The summed E-state index contributed by atoms with van der Waals surface area (Å²) < 4.78 is 5.22. The smallest absolute Gasteiger partial charge is 0.226 e. The van der Waals surface area contributed by atoms with Gasteiger partial charge in [-0.2, -0.15) is 0 Å². The van der Waals surface area contributed by atoms with Gasteiger partial charge in [0.05, 0.1) is 7.11 Å². The van der Waals surface area contributed by atoms with Gasteiger partial charge in [-0.3, -0.25) is 4.79 Å². The molecule has 1 aliphatic rings. The molecule has 1 aliphatic heterocycles. The zero-order valence-electron chi connectivity index (χ0n) is 14.9. The predicted octanol–water partition coefficient (Wildman–Crippen LogP) is 3.08. The molecule has 1 saturated heterocycles. The van der Waals surface area contributed by atoms with Crippen molar-refractivity contribution in [3.63, 3.8) is 0 Å². The van der Waals surface area contributed by atoms with Gasteiger partial charge in [0.2, 0.25) is 5.91 Å². The number of carbonyl (C=O) groups excluding carboxylic acids is 1. The highest BCUT2D eigenvalue weighted by Gasteiger charge is 2.31. The Kier molecular flexibility index (Phi) is 5.71. The van der Waals surface area contributed by atoms with Gasteiger partial charge in [0.15, 0.2) is 0 Å². The summed E-state index contributed by atoms with van der Waals surface area (Å²) in [4.78, 5) is 15.1. The molecule has 0 aromatic heterocycles. The second-order valence-electron chi connectivity index (χ2n) is 6.73. The normalized spacial score (nSPS) is 15.3. The SMILES string of the molecule is COc1ccc(CN(Cc2ccccc2)C(=O)C(C)C2CNC2)cc1. The molecule has 1 atom stereocenters. The van der Waals surface area contributed by atoms with E-state index < -0.39 is 0 Å². The van der Waals surface area contributed by atoms with Crippen molar-refractivity contribution in [1.82, 2.24) is 10.2 Å². The van der Waals surface area contributed by atoms with Crippen LogP contribution in [0, 0.1) is 11.8 Å². The Hall–Kier alpha value is -2.33. The van der Waals surface area contributed by atoms with Crippen LogP contribution in [0.1, 0.15) is 18.1 Å². The van der Waals surface area contributed by atoms with Crippen molar-refractivity contribution in [2.75, 3.05) is 20.2 Å². The van der Waals surface area contributed by atoms with E-state index in [2.05, 4.69) is 24.4 Å². The maximum atomic E-state index is 13.1. The molecule has 1 unspecified atom stereocenters. The highest BCUT2D eigenvalue weighted by Crippen LogP contribution is 2.22. The third-order valence-corrected chi connectivity index (χ3v) is 4.97. The largest absolute Gasteiger partial charge is 0.497 e. The molecule has 1 heterocycles. The van der Waals surface area contributed by atoms with Crippen molar-refractivity contribution < 1.29 is 9.53 Å². The van der Waals surface area contributed by atoms with E-state index in [1.165, 1.54) is 0 Å². The van der Waals surface area contributed by atoms with Gasteiger partial charge in [-0.05, 0) is 42.3 Å². The summed E-state index contributed by atoms with van der Waals surface area (Å²) in [6, 6.07) is 18.1. The van der Waals surface area contributed by atoms with E-state index in [-0.39, 0.29) is 11.8 Å². The van der Waals surface area contributed by atoms with Crippen molar-refractivity contribution in [1.29, 1.82) is 0 Å². The minimum absolute atomic E-state index is 0.0446. The molecule has 2 aromatic rings. The molecule has 0 spiro atoms. The van der Waals surface area contributed by atoms with Gasteiger partial charge in [0, 0.05) is 19.0 Å². The van der Waals surface area contributed by atoms with Gasteiger partial charge in [-0.15, -0.1) is 0 Å². The van der Waals surface area contributed by atoms with Crippen LogP contribution in [0.5, 0.6) is 5.75 Å². The predicted molar refractivity (Wildman–Crippen MR) is 99.2 cm³/mol. The number of hydrogen-bond donors (Lipinski definition) is 1. The molecule has 4 nitrogen and oxygen atoms in total. The summed E-state index contributed by atoms with van der Waals surface area (Å²) in [5, 5.41) is 3.26. The second kappa shape index (κ2) is 8.17. The van der Waals surface area contributed by atoms with Gasteiger partial charge in [-0.25, -0.2) is 0 Å². The Morgan fingerprint density at radius 1 is 1.08 bits per heavy atom. The number of carbonyl (C=O) groups is 1. The van der Waals surface area contributed by atoms with Crippen LogP contribution in [0.4, 0.5) is 0 Å². The van der Waals surface area contributed by atoms with Crippen LogP contribution in [0.25, 0.3) is 0 Å². The molecule has 0 bridgehead atoms. The number of nitrogens with zero attached hydrogens (tertiary/aromatic N) is 1. The van der Waals surface area contributed by atoms with E-state index in [9.17, 15) is 4.79 Å². The molecule has 1 fully saturated rings. The minimum atomic E-state index is 0.0446. The number of methoxy groups -OCH3 is 1. The first-order valence-electron chi connectivity index (χ1n) is 8.83. The van der Waals surface area contributed by atoms with Crippen LogP contribution in [0.15, 0.2) is 54.6 Å². The molecular weight excluding hydrogens is 312 g/mol. The summed E-state index contributed by atoms with van der Waals surface area (Å²) in [5.41, 5.74) is 2.27. The first kappa shape index (κ1) is 17.5. The Morgan fingerprint density at radius 2 is 1.68 bits per heavy atom. The first-order valence-corrected chi connectivity index (χ1v) is 8.83. The lowest BCUT2D eigenvalue weighted by Gasteiger charge is -2.35. The molecule has 0 saturated carbocycles. The molecule has 132 valence electrons. The van der Waals surface area contributed by atoms with E-state index >= 15 is 0 Å². The summed E-state index contributed by atoms with van der Waals surface area (Å²) in [6.45, 7) is 5.18. The molecule has 4 heteroatoms. The van der Waals surface area contributed by atoms with E-state index in [0.717, 1.165) is 30.0 Å². The summed E-state index contributed by atoms with van der Waals surface area (Å²) in [5.74, 6) is 1.55. The lowest BCUT2D eigenvalue weighted by molar-refractivity contribution is -0.138. The molecule has 1 N–H and O–H groups in total. The standard InChI is InChI=1S/C21H26N2O2/c1-16(19-12-22-13-19)21(24)23(14-17-6-4-3-5-7-17)15-18-8-10-20(25-2)11-9-18/h3-11,16,19,22H,12-15H2,1-2H3. The molecule has 0 radical (unpaired) electrons. The first-order chi connectivity index (χ1) is 12.2. The lowest BCUT2D eigenvalue weighted by Crippen LogP contribution is -2.50. The number of nitrogens with one attached hydrogen (secondary N) is 1. The Bertz CT molecular complexity index is 681. The number of rotatable bonds is 7. The van der Waals surface area contributed by atoms with Crippen LogP contribution in [0.3, 0.4) is 0 Å². The fourth-order valence-corrected chi connectivity index (χ4v) is 3.12. The van der Waals surface area contributed by atoms with Crippen molar-refractivity contribution in [3.8, 4) is 5.75 Å². The van der Waals surface area contributed by atoms with E-state index in [1.54, 1.807) is 7.11 Å². The fourth-order valence-electron chi connectivity index (χ4n) is 3.12. The van der Waals surface area contributed by atoms with Gasteiger partial charge < -0.3 is 15.0 Å². The molecule has 3 rings (SSSR count). The molecule has 1 amide bonds. The highest BCUT2D eigenvalue weighted by atomic mass is 16.5. The van der Waals surface area contributed by atoms with Gasteiger partial charge in [-0.1, -0.05) is 49.4 Å². The Labute approximate surface area is 149 Å². The van der Waals surface area contributed by atoms with E-state index in [4.69, 9.17) is 4.74 Å². The number of benzene rings is 2. The van der Waals surface area contributed by atoms with Crippen molar-refractivity contribution in [2.45, 2.75) is 20.0 Å². The van der Waals surface area contributed by atoms with Crippen LogP contribution in [0.2, 0.25) is 0 Å². The molecular formula is C21H26N2O2. The van der Waals surface area contributed by atoms with Crippen LogP contribution in [-0.4, -0.2) is 31.0 Å². The van der Waals surface area contributed by atoms with E-state index in [1.807, 2.05) is 47.4 Å². The monoisotopic (exact) mass is 338 g/mol. The Morgan fingerprint density at radius 3 is 2.20 bits per heavy atom. The zero-order chi connectivity index (χ0) is 17.6. The lowest BCUT2D eigenvalue weighted by atomic mass is 9.87. The average molecular weight is 338 g/mol. The maximum absolute atomic E-state index is 13.1. The third kappa shape index (κ3) is 4.40. The summed E-state index contributed by atoms with van der Waals surface area (Å²) in [7, 11) is 1.66. The minimum Gasteiger partial charge on any atom is -0.497 e. The summed E-state index contributed by atoms with van der Waals surface area (Å²) in [6.07, 6.45) is 0. The molecule has 2 aromatic carbocycles. The number of ether oxygens (including phenoxy) is 1. The van der Waals surface area contributed by atoms with Gasteiger partial charge in [0.25, 0.3) is 0 Å². The van der Waals surface area contributed by atoms with Crippen molar-refractivity contribution >= 4 is 5.91 Å². The Balaban J connectivity index is 1.75. The topological polar surface area (TPSA) is 41.6 Å². The van der Waals surface area contributed by atoms with Crippen molar-refractivity contribution in [2.24, 2.45) is 11.8 Å². The van der Waals surface area contributed by atoms with Crippen LogP contribution in [-0.2, 0) is 17.9 Å². The zero-order valence-corrected chi connectivity index (χ0v) is 14.9. The number of hydrogen-bond acceptors (Lipinski definition) is 3.